The number of benzene rings is 1. The smallest absolute Gasteiger partial charge is 0.324 e. The molecule has 108 valence electrons. The van der Waals surface area contributed by atoms with E-state index < -0.39 is 17.8 Å². The van der Waals surface area contributed by atoms with E-state index in [2.05, 4.69) is 31.9 Å². The van der Waals surface area contributed by atoms with Crippen molar-refractivity contribution < 1.29 is 13.2 Å². The van der Waals surface area contributed by atoms with Gasteiger partial charge in [-0.3, -0.25) is 0 Å². The van der Waals surface area contributed by atoms with Crippen LogP contribution in [0.2, 0.25) is 0 Å². The molecule has 2 aromatic rings. The zero-order valence-electron chi connectivity index (χ0n) is 10.0. The molecular formula is C13H10Br2F3NS. The highest BCUT2D eigenvalue weighted by Gasteiger charge is 2.35. The van der Waals surface area contributed by atoms with E-state index in [0.29, 0.717) is 10.9 Å². The van der Waals surface area contributed by atoms with Crippen LogP contribution >= 0.6 is 43.2 Å². The minimum atomic E-state index is -4.41. The first-order chi connectivity index (χ1) is 9.29. The molecule has 1 aromatic carbocycles. The van der Waals surface area contributed by atoms with E-state index in [-0.39, 0.29) is 5.56 Å². The average molecular weight is 429 g/mol. The van der Waals surface area contributed by atoms with Crippen LogP contribution in [0.3, 0.4) is 0 Å². The van der Waals surface area contributed by atoms with Crippen molar-refractivity contribution in [3.8, 4) is 0 Å². The summed E-state index contributed by atoms with van der Waals surface area (Å²) in [6.07, 6.45) is -4.05. The van der Waals surface area contributed by atoms with Crippen LogP contribution in [0.1, 0.15) is 22.0 Å². The van der Waals surface area contributed by atoms with Gasteiger partial charge < -0.3 is 5.73 Å². The van der Waals surface area contributed by atoms with Crippen molar-refractivity contribution in [1.29, 1.82) is 0 Å². The van der Waals surface area contributed by atoms with Gasteiger partial charge in [-0.05, 0) is 45.1 Å². The van der Waals surface area contributed by atoms with Crippen LogP contribution in [0, 0.1) is 0 Å². The molecule has 0 aliphatic carbocycles. The third-order valence-corrected chi connectivity index (χ3v) is 5.26. The van der Waals surface area contributed by atoms with Gasteiger partial charge in [0.2, 0.25) is 0 Å². The highest BCUT2D eigenvalue weighted by atomic mass is 79.9. The quantitative estimate of drug-likeness (QED) is 0.682. The SMILES string of the molecule is NC(Cc1sccc1Br)c1ccc(Br)cc1C(F)(F)F. The maximum absolute atomic E-state index is 13.1. The molecule has 0 aliphatic heterocycles. The third kappa shape index (κ3) is 3.63. The highest BCUT2D eigenvalue weighted by Crippen LogP contribution is 2.37. The summed E-state index contributed by atoms with van der Waals surface area (Å²) in [6.45, 7) is 0. The molecule has 1 heterocycles. The van der Waals surface area contributed by atoms with Crippen molar-refractivity contribution in [1.82, 2.24) is 0 Å². The number of rotatable bonds is 3. The second kappa shape index (κ2) is 6.17. The Balaban J connectivity index is 2.35. The van der Waals surface area contributed by atoms with Gasteiger partial charge >= 0.3 is 6.18 Å². The van der Waals surface area contributed by atoms with Crippen LogP contribution in [0.15, 0.2) is 38.6 Å². The van der Waals surface area contributed by atoms with Gasteiger partial charge in [0.25, 0.3) is 0 Å². The summed E-state index contributed by atoms with van der Waals surface area (Å²) < 4.78 is 40.5. The monoisotopic (exact) mass is 427 g/mol. The molecule has 2 rings (SSSR count). The molecule has 0 saturated carbocycles. The Kier molecular flexibility index (Phi) is 4.94. The highest BCUT2D eigenvalue weighted by molar-refractivity contribution is 9.10. The van der Waals surface area contributed by atoms with Crippen LogP contribution in [0.5, 0.6) is 0 Å². The fourth-order valence-electron chi connectivity index (χ4n) is 1.88. The van der Waals surface area contributed by atoms with Crippen molar-refractivity contribution in [2.75, 3.05) is 0 Å². The Morgan fingerprint density at radius 3 is 2.45 bits per heavy atom. The molecular weight excluding hydrogens is 419 g/mol. The van der Waals surface area contributed by atoms with Gasteiger partial charge in [-0.15, -0.1) is 11.3 Å². The van der Waals surface area contributed by atoms with Gasteiger partial charge in [0.05, 0.1) is 5.56 Å². The van der Waals surface area contributed by atoms with Crippen LogP contribution in [-0.2, 0) is 12.6 Å². The number of nitrogens with two attached hydrogens (primary N) is 1. The summed E-state index contributed by atoms with van der Waals surface area (Å²) in [7, 11) is 0. The normalized spacial score (nSPS) is 13.5. The lowest BCUT2D eigenvalue weighted by atomic mass is 9.98. The van der Waals surface area contributed by atoms with Crippen molar-refractivity contribution in [3.05, 3.63) is 54.6 Å². The number of hydrogen-bond donors (Lipinski definition) is 1. The molecule has 0 bridgehead atoms. The van der Waals surface area contributed by atoms with Gasteiger partial charge in [0.15, 0.2) is 0 Å². The van der Waals surface area contributed by atoms with E-state index >= 15 is 0 Å². The standard InChI is InChI=1S/C13H10Br2F3NS/c14-7-1-2-8(9(5-7)13(16,17)18)11(19)6-12-10(15)3-4-20-12/h1-5,11H,6,19H2. The maximum Gasteiger partial charge on any atom is 0.416 e. The fourth-order valence-corrected chi connectivity index (χ4v) is 3.81. The van der Waals surface area contributed by atoms with Crippen LogP contribution in [0.25, 0.3) is 0 Å². The summed E-state index contributed by atoms with van der Waals surface area (Å²) >= 11 is 7.90. The Bertz CT molecular complexity index is 610. The molecule has 1 atom stereocenters. The molecule has 1 aromatic heterocycles. The minimum absolute atomic E-state index is 0.112. The number of alkyl halides is 3. The van der Waals surface area contributed by atoms with Gasteiger partial charge in [0, 0.05) is 26.3 Å². The van der Waals surface area contributed by atoms with Crippen LogP contribution in [0.4, 0.5) is 13.2 Å². The second-order valence-corrected chi connectivity index (χ2v) is 7.00. The Morgan fingerprint density at radius 2 is 1.90 bits per heavy atom. The van der Waals surface area contributed by atoms with Crippen molar-refractivity contribution in [2.24, 2.45) is 5.73 Å². The van der Waals surface area contributed by atoms with Gasteiger partial charge in [0.1, 0.15) is 0 Å². The molecule has 0 radical (unpaired) electrons. The fraction of sp³-hybridized carbons (Fsp3) is 0.231. The molecule has 2 N–H and O–H groups in total. The van der Waals surface area contributed by atoms with Crippen molar-refractivity contribution in [3.63, 3.8) is 0 Å². The molecule has 7 heteroatoms. The lowest BCUT2D eigenvalue weighted by Gasteiger charge is -2.18. The zero-order valence-corrected chi connectivity index (χ0v) is 14.0. The molecule has 0 saturated heterocycles. The van der Waals surface area contributed by atoms with Crippen molar-refractivity contribution in [2.45, 2.75) is 18.6 Å². The largest absolute Gasteiger partial charge is 0.416 e. The van der Waals surface area contributed by atoms with Crippen LogP contribution < -0.4 is 5.73 Å². The molecule has 0 aliphatic rings. The lowest BCUT2D eigenvalue weighted by Crippen LogP contribution is -2.19. The summed E-state index contributed by atoms with van der Waals surface area (Å²) in [5.74, 6) is 0. The lowest BCUT2D eigenvalue weighted by molar-refractivity contribution is -0.138. The van der Waals surface area contributed by atoms with E-state index in [1.54, 1.807) is 6.07 Å². The first-order valence-corrected chi connectivity index (χ1v) is 8.09. The Hall–Kier alpha value is -0.370. The van der Waals surface area contributed by atoms with E-state index in [4.69, 9.17) is 5.73 Å². The summed E-state index contributed by atoms with van der Waals surface area (Å²) in [5.41, 5.74) is 5.40. The van der Waals surface area contributed by atoms with Gasteiger partial charge in [-0.1, -0.05) is 22.0 Å². The number of hydrogen-bond acceptors (Lipinski definition) is 2. The Labute approximate surface area is 135 Å². The Morgan fingerprint density at radius 1 is 1.20 bits per heavy atom. The minimum Gasteiger partial charge on any atom is -0.324 e. The maximum atomic E-state index is 13.1. The number of thiophene rings is 1. The summed E-state index contributed by atoms with van der Waals surface area (Å²) in [4.78, 5) is 0.938. The topological polar surface area (TPSA) is 26.0 Å². The van der Waals surface area contributed by atoms with E-state index in [9.17, 15) is 13.2 Å². The average Bonchev–Trinajstić information content (AvgIpc) is 2.73. The van der Waals surface area contributed by atoms with E-state index in [1.807, 2.05) is 11.4 Å². The van der Waals surface area contributed by atoms with Crippen molar-refractivity contribution >= 4 is 43.2 Å². The summed E-state index contributed by atoms with van der Waals surface area (Å²) in [5, 5.41) is 1.87. The molecule has 0 amide bonds. The predicted molar refractivity (Wildman–Crippen MR) is 81.8 cm³/mol. The molecule has 1 unspecified atom stereocenters. The second-order valence-electron chi connectivity index (χ2n) is 4.23. The molecule has 0 spiro atoms. The molecule has 20 heavy (non-hydrogen) atoms. The molecule has 1 nitrogen and oxygen atoms in total. The van der Waals surface area contributed by atoms with Gasteiger partial charge in [-0.25, -0.2) is 0 Å². The number of halogens is 5. The van der Waals surface area contributed by atoms with E-state index in [0.717, 1.165) is 15.4 Å². The van der Waals surface area contributed by atoms with Gasteiger partial charge in [-0.2, -0.15) is 13.2 Å². The zero-order chi connectivity index (χ0) is 14.9. The van der Waals surface area contributed by atoms with E-state index in [1.165, 1.54) is 17.4 Å². The predicted octanol–water partition coefficient (Wildman–Crippen LogP) is 5.53. The third-order valence-electron chi connectivity index (χ3n) is 2.82. The molecule has 0 fully saturated rings. The first kappa shape index (κ1) is 16.0. The first-order valence-electron chi connectivity index (χ1n) is 5.63. The summed E-state index contributed by atoms with van der Waals surface area (Å²) in [6, 6.07) is 5.24. The van der Waals surface area contributed by atoms with Crippen LogP contribution in [-0.4, -0.2) is 0 Å².